The maximum Gasteiger partial charge on any atom is 0.243 e. The molecular formula is C21H26FN3O3S. The van der Waals surface area contributed by atoms with Crippen LogP contribution in [0.4, 0.5) is 10.1 Å². The highest BCUT2D eigenvalue weighted by Crippen LogP contribution is 2.22. The Morgan fingerprint density at radius 1 is 1.07 bits per heavy atom. The first kappa shape index (κ1) is 21.4. The number of hydrogen-bond acceptors (Lipinski definition) is 4. The van der Waals surface area contributed by atoms with Gasteiger partial charge in [0.15, 0.2) is 0 Å². The van der Waals surface area contributed by atoms with Crippen LogP contribution in [0.5, 0.6) is 0 Å². The van der Waals surface area contributed by atoms with Crippen molar-refractivity contribution >= 4 is 21.6 Å². The second kappa shape index (κ2) is 9.02. The number of aryl methyl sites for hydroxylation is 2. The lowest BCUT2D eigenvalue weighted by Gasteiger charge is -2.34. The van der Waals surface area contributed by atoms with Crippen molar-refractivity contribution in [2.24, 2.45) is 0 Å². The topological polar surface area (TPSA) is 69.7 Å². The zero-order chi connectivity index (χ0) is 21.0. The van der Waals surface area contributed by atoms with E-state index in [4.69, 9.17) is 0 Å². The molecule has 1 fully saturated rings. The van der Waals surface area contributed by atoms with Crippen LogP contribution in [0.1, 0.15) is 17.5 Å². The molecular weight excluding hydrogens is 393 g/mol. The predicted molar refractivity (Wildman–Crippen MR) is 111 cm³/mol. The van der Waals surface area contributed by atoms with Crippen molar-refractivity contribution < 1.29 is 17.6 Å². The highest BCUT2D eigenvalue weighted by Gasteiger charge is 2.29. The third-order valence-corrected chi connectivity index (χ3v) is 7.10. The molecule has 0 atom stereocenters. The summed E-state index contributed by atoms with van der Waals surface area (Å²) in [6, 6.07) is 11.1. The van der Waals surface area contributed by atoms with E-state index < -0.39 is 15.8 Å². The van der Waals surface area contributed by atoms with Crippen molar-refractivity contribution in [1.82, 2.24) is 9.21 Å². The van der Waals surface area contributed by atoms with Crippen molar-refractivity contribution in [3.63, 3.8) is 0 Å². The maximum atomic E-state index is 13.2. The molecule has 0 unspecified atom stereocenters. The number of nitrogens with zero attached hydrogens (tertiary/aromatic N) is 2. The molecule has 6 nitrogen and oxygen atoms in total. The lowest BCUT2D eigenvalue weighted by Crippen LogP contribution is -2.49. The van der Waals surface area contributed by atoms with E-state index in [9.17, 15) is 17.6 Å². The molecule has 0 aromatic heterocycles. The van der Waals surface area contributed by atoms with Gasteiger partial charge in [-0.25, -0.2) is 12.8 Å². The van der Waals surface area contributed by atoms with Crippen LogP contribution in [0.3, 0.4) is 0 Å². The number of benzene rings is 2. The van der Waals surface area contributed by atoms with E-state index in [0.717, 1.165) is 11.1 Å². The van der Waals surface area contributed by atoms with Gasteiger partial charge < -0.3 is 10.2 Å². The van der Waals surface area contributed by atoms with Crippen LogP contribution in [0, 0.1) is 19.7 Å². The van der Waals surface area contributed by atoms with Gasteiger partial charge in [-0.15, -0.1) is 0 Å². The lowest BCUT2D eigenvalue weighted by molar-refractivity contribution is -0.116. The molecule has 29 heavy (non-hydrogen) atoms. The highest BCUT2D eigenvalue weighted by molar-refractivity contribution is 7.89. The Bertz CT molecular complexity index is 986. The van der Waals surface area contributed by atoms with Crippen LogP contribution in [0.25, 0.3) is 0 Å². The molecule has 1 heterocycles. The van der Waals surface area contributed by atoms with Crippen LogP contribution in [-0.2, 0) is 14.8 Å². The molecule has 0 saturated carbocycles. The van der Waals surface area contributed by atoms with Gasteiger partial charge in [0.2, 0.25) is 15.9 Å². The summed E-state index contributed by atoms with van der Waals surface area (Å²) in [4.78, 5) is 14.5. The Morgan fingerprint density at radius 2 is 1.79 bits per heavy atom. The van der Waals surface area contributed by atoms with E-state index in [0.29, 0.717) is 43.3 Å². The Morgan fingerprint density at radius 3 is 2.45 bits per heavy atom. The predicted octanol–water partition coefficient (Wildman–Crippen LogP) is 2.78. The molecule has 2 aromatic rings. The average Bonchev–Trinajstić information content (AvgIpc) is 2.66. The molecule has 1 aliphatic heterocycles. The van der Waals surface area contributed by atoms with Crippen molar-refractivity contribution in [2.45, 2.75) is 25.2 Å². The van der Waals surface area contributed by atoms with Gasteiger partial charge in [-0.05, 0) is 43.7 Å². The van der Waals surface area contributed by atoms with Gasteiger partial charge in [0.25, 0.3) is 0 Å². The first-order valence-corrected chi connectivity index (χ1v) is 11.0. The Balaban J connectivity index is 1.50. The fourth-order valence-electron chi connectivity index (χ4n) is 3.47. The Hall–Kier alpha value is -2.29. The van der Waals surface area contributed by atoms with Crippen LogP contribution >= 0.6 is 0 Å². The van der Waals surface area contributed by atoms with Gasteiger partial charge in [-0.3, -0.25) is 4.79 Å². The number of anilines is 1. The largest absolute Gasteiger partial charge is 0.326 e. The summed E-state index contributed by atoms with van der Waals surface area (Å²) in [5.74, 6) is -0.593. The third-order valence-electron chi connectivity index (χ3n) is 5.04. The fourth-order valence-corrected chi connectivity index (χ4v) is 5.10. The molecule has 8 heteroatoms. The first-order chi connectivity index (χ1) is 13.8. The number of amides is 1. The van der Waals surface area contributed by atoms with Crippen LogP contribution in [0.2, 0.25) is 0 Å². The standard InChI is InChI=1S/C21H26FN3O3S/c1-16-6-7-20(17(2)14-16)29(27,28)25-12-10-24(11-13-25)9-8-21(26)23-19-5-3-4-18(22)15-19/h3-7,14-15H,8-13H2,1-2H3,(H,23,26). The van der Waals surface area contributed by atoms with E-state index in [2.05, 4.69) is 10.2 Å². The SMILES string of the molecule is Cc1ccc(S(=O)(=O)N2CCN(CCC(=O)Nc3cccc(F)c3)CC2)c(C)c1. The number of carbonyl (C=O) groups is 1. The molecule has 156 valence electrons. The summed E-state index contributed by atoms with van der Waals surface area (Å²) in [5.41, 5.74) is 2.21. The van der Waals surface area contributed by atoms with Crippen molar-refractivity contribution in [3.8, 4) is 0 Å². The monoisotopic (exact) mass is 419 g/mol. The smallest absolute Gasteiger partial charge is 0.243 e. The molecule has 0 radical (unpaired) electrons. The summed E-state index contributed by atoms with van der Waals surface area (Å²) >= 11 is 0. The van der Waals surface area contributed by atoms with Crippen molar-refractivity contribution in [1.29, 1.82) is 0 Å². The minimum atomic E-state index is -3.52. The summed E-state index contributed by atoms with van der Waals surface area (Å²) in [7, 11) is -3.52. The van der Waals surface area contributed by atoms with E-state index in [1.54, 1.807) is 18.2 Å². The number of nitrogens with one attached hydrogen (secondary N) is 1. The summed E-state index contributed by atoms with van der Waals surface area (Å²) in [5, 5.41) is 2.68. The van der Waals surface area contributed by atoms with Gasteiger partial charge in [0.1, 0.15) is 5.82 Å². The molecule has 1 aliphatic rings. The molecule has 0 aliphatic carbocycles. The minimum Gasteiger partial charge on any atom is -0.326 e. The van der Waals surface area contributed by atoms with Crippen LogP contribution in [-0.4, -0.2) is 56.3 Å². The number of carbonyl (C=O) groups excluding carboxylic acids is 1. The van der Waals surface area contributed by atoms with Gasteiger partial charge in [-0.1, -0.05) is 23.8 Å². The van der Waals surface area contributed by atoms with Crippen LogP contribution in [0.15, 0.2) is 47.4 Å². The second-order valence-electron chi connectivity index (χ2n) is 7.32. The molecule has 0 spiro atoms. The molecule has 3 rings (SSSR count). The van der Waals surface area contributed by atoms with Gasteiger partial charge >= 0.3 is 0 Å². The number of halogens is 1. The van der Waals surface area contributed by atoms with Gasteiger partial charge in [0.05, 0.1) is 4.90 Å². The number of sulfonamides is 1. The van der Waals surface area contributed by atoms with Crippen molar-refractivity contribution in [3.05, 3.63) is 59.4 Å². The van der Waals surface area contributed by atoms with Gasteiger partial charge in [0, 0.05) is 44.8 Å². The van der Waals surface area contributed by atoms with Gasteiger partial charge in [-0.2, -0.15) is 4.31 Å². The average molecular weight is 420 g/mol. The Kier molecular flexibility index (Phi) is 6.66. The minimum absolute atomic E-state index is 0.194. The zero-order valence-electron chi connectivity index (χ0n) is 16.7. The zero-order valence-corrected chi connectivity index (χ0v) is 17.5. The van der Waals surface area contributed by atoms with E-state index in [1.165, 1.54) is 16.4 Å². The maximum absolute atomic E-state index is 13.2. The second-order valence-corrected chi connectivity index (χ2v) is 9.23. The van der Waals surface area contributed by atoms with Crippen LogP contribution < -0.4 is 5.32 Å². The quantitative estimate of drug-likeness (QED) is 0.782. The summed E-state index contributed by atoms with van der Waals surface area (Å²) in [6.07, 6.45) is 0.264. The lowest BCUT2D eigenvalue weighted by atomic mass is 10.2. The number of hydrogen-bond donors (Lipinski definition) is 1. The fraction of sp³-hybridized carbons (Fsp3) is 0.381. The molecule has 1 N–H and O–H groups in total. The highest BCUT2D eigenvalue weighted by atomic mass is 32.2. The van der Waals surface area contributed by atoms with Crippen molar-refractivity contribution in [2.75, 3.05) is 38.0 Å². The normalized spacial score (nSPS) is 16.0. The van der Waals surface area contributed by atoms with E-state index in [1.807, 2.05) is 26.0 Å². The molecule has 1 saturated heterocycles. The third kappa shape index (κ3) is 5.41. The molecule has 1 amide bonds. The number of rotatable bonds is 6. The first-order valence-electron chi connectivity index (χ1n) is 9.61. The Labute approximate surface area is 171 Å². The number of piperazine rings is 1. The molecule has 0 bridgehead atoms. The molecule has 2 aromatic carbocycles. The summed E-state index contributed by atoms with van der Waals surface area (Å²) in [6.45, 7) is 6.19. The van der Waals surface area contributed by atoms with E-state index >= 15 is 0 Å². The summed E-state index contributed by atoms with van der Waals surface area (Å²) < 4.78 is 40.6. The van der Waals surface area contributed by atoms with E-state index in [-0.39, 0.29) is 12.3 Å².